The molecule has 0 bridgehead atoms. The van der Waals surface area contributed by atoms with Gasteiger partial charge < -0.3 is 10.4 Å². The van der Waals surface area contributed by atoms with Crippen LogP contribution in [0, 0.1) is 0 Å². The van der Waals surface area contributed by atoms with E-state index in [4.69, 9.17) is 11.6 Å². The molecule has 2 N–H and O–H groups in total. The molecule has 1 amide bonds. The van der Waals surface area contributed by atoms with Crippen LogP contribution in [-0.2, 0) is 11.2 Å². The number of amides is 1. The van der Waals surface area contributed by atoms with Crippen molar-refractivity contribution in [1.29, 1.82) is 0 Å². The van der Waals surface area contributed by atoms with Gasteiger partial charge in [0.05, 0.1) is 23.3 Å². The molecule has 1 heterocycles. The predicted octanol–water partition coefficient (Wildman–Crippen LogP) is 3.78. The van der Waals surface area contributed by atoms with Crippen LogP contribution in [0.5, 0.6) is 5.75 Å². The van der Waals surface area contributed by atoms with E-state index in [1.165, 1.54) is 0 Å². The molecular weight excluding hydrogens is 300 g/mol. The van der Waals surface area contributed by atoms with E-state index in [1.807, 2.05) is 12.1 Å². The molecule has 4 nitrogen and oxygen atoms in total. The van der Waals surface area contributed by atoms with E-state index in [0.29, 0.717) is 10.7 Å². The number of aromatic hydroxyl groups is 1. The molecule has 0 atom stereocenters. The maximum atomic E-state index is 12.2. The van der Waals surface area contributed by atoms with E-state index in [9.17, 15) is 9.90 Å². The zero-order chi connectivity index (χ0) is 15.5. The number of halogens is 1. The summed E-state index contributed by atoms with van der Waals surface area (Å²) in [5, 5.41) is 14.3. The predicted molar refractivity (Wildman–Crippen MR) is 87.2 cm³/mol. The Kier molecular flexibility index (Phi) is 3.94. The minimum Gasteiger partial charge on any atom is -0.508 e. The smallest absolute Gasteiger partial charge is 0.228 e. The number of pyridine rings is 1. The second kappa shape index (κ2) is 6.03. The number of hydrogen-bond donors (Lipinski definition) is 2. The fourth-order valence-electron chi connectivity index (χ4n) is 2.28. The number of nitrogens with zero attached hydrogens (tertiary/aromatic N) is 1. The molecule has 0 unspecified atom stereocenters. The maximum absolute atomic E-state index is 12.2. The second-order valence-electron chi connectivity index (χ2n) is 4.92. The van der Waals surface area contributed by atoms with Gasteiger partial charge in [-0.1, -0.05) is 35.9 Å². The Hall–Kier alpha value is -2.59. The third-order valence-corrected chi connectivity index (χ3v) is 3.62. The number of phenols is 1. The molecular formula is C17H13ClN2O2. The van der Waals surface area contributed by atoms with Crippen LogP contribution in [0.2, 0.25) is 5.02 Å². The van der Waals surface area contributed by atoms with E-state index < -0.39 is 0 Å². The molecule has 0 saturated heterocycles. The SMILES string of the molecule is O=C(Cc1ccc(O)cc1)Nc1cncc2cccc(Cl)c12. The standard InChI is InChI=1S/C17H13ClN2O2/c18-14-3-1-2-12-9-19-10-15(17(12)14)20-16(22)8-11-4-6-13(21)7-5-11/h1-7,9-10,21H,8H2,(H,20,22). The zero-order valence-electron chi connectivity index (χ0n) is 11.6. The van der Waals surface area contributed by atoms with Gasteiger partial charge in [0.25, 0.3) is 0 Å². The molecule has 0 aliphatic carbocycles. The molecule has 0 radical (unpaired) electrons. The quantitative estimate of drug-likeness (QED) is 0.773. The van der Waals surface area contributed by atoms with Gasteiger partial charge >= 0.3 is 0 Å². The molecule has 22 heavy (non-hydrogen) atoms. The Morgan fingerprint density at radius 2 is 1.91 bits per heavy atom. The average molecular weight is 313 g/mol. The topological polar surface area (TPSA) is 62.2 Å². The summed E-state index contributed by atoms with van der Waals surface area (Å²) < 4.78 is 0. The third kappa shape index (κ3) is 3.02. The number of anilines is 1. The normalized spacial score (nSPS) is 10.6. The number of phenolic OH excluding ortho intramolecular Hbond substituents is 1. The van der Waals surface area contributed by atoms with E-state index >= 15 is 0 Å². The Balaban J connectivity index is 1.84. The first kappa shape index (κ1) is 14.4. The van der Waals surface area contributed by atoms with Crippen molar-refractivity contribution in [3.05, 3.63) is 65.4 Å². The van der Waals surface area contributed by atoms with Crippen LogP contribution in [0.15, 0.2) is 54.9 Å². The van der Waals surface area contributed by atoms with Gasteiger partial charge in [-0.3, -0.25) is 9.78 Å². The fourth-order valence-corrected chi connectivity index (χ4v) is 2.56. The molecule has 2 aromatic carbocycles. The van der Waals surface area contributed by atoms with Crippen LogP contribution in [0.3, 0.4) is 0 Å². The lowest BCUT2D eigenvalue weighted by atomic mass is 10.1. The molecule has 3 aromatic rings. The lowest BCUT2D eigenvalue weighted by Crippen LogP contribution is -2.14. The number of rotatable bonds is 3. The molecule has 0 fully saturated rings. The Morgan fingerprint density at radius 3 is 2.68 bits per heavy atom. The second-order valence-corrected chi connectivity index (χ2v) is 5.32. The molecule has 0 saturated carbocycles. The number of carbonyl (C=O) groups excluding carboxylic acids is 1. The molecule has 110 valence electrons. The van der Waals surface area contributed by atoms with Crippen molar-refractivity contribution in [3.8, 4) is 5.75 Å². The Labute approximate surface area is 132 Å². The zero-order valence-corrected chi connectivity index (χ0v) is 12.3. The summed E-state index contributed by atoms with van der Waals surface area (Å²) in [6.45, 7) is 0. The monoisotopic (exact) mass is 312 g/mol. The van der Waals surface area contributed by atoms with Crippen LogP contribution in [0.25, 0.3) is 10.8 Å². The van der Waals surface area contributed by atoms with Crippen molar-refractivity contribution in [2.75, 3.05) is 5.32 Å². The van der Waals surface area contributed by atoms with Crippen molar-refractivity contribution in [2.24, 2.45) is 0 Å². The number of hydrogen-bond acceptors (Lipinski definition) is 3. The minimum absolute atomic E-state index is 0.167. The van der Waals surface area contributed by atoms with Crippen molar-refractivity contribution in [2.45, 2.75) is 6.42 Å². The highest BCUT2D eigenvalue weighted by Gasteiger charge is 2.09. The van der Waals surface area contributed by atoms with Crippen LogP contribution >= 0.6 is 11.6 Å². The molecule has 3 rings (SSSR count). The lowest BCUT2D eigenvalue weighted by molar-refractivity contribution is -0.115. The summed E-state index contributed by atoms with van der Waals surface area (Å²) in [4.78, 5) is 16.3. The third-order valence-electron chi connectivity index (χ3n) is 3.31. The van der Waals surface area contributed by atoms with Gasteiger partial charge in [0.2, 0.25) is 5.91 Å². The number of aromatic nitrogens is 1. The largest absolute Gasteiger partial charge is 0.508 e. The summed E-state index contributed by atoms with van der Waals surface area (Å²) >= 11 is 6.22. The number of carbonyl (C=O) groups is 1. The average Bonchev–Trinajstić information content (AvgIpc) is 2.50. The van der Waals surface area contributed by atoms with Crippen molar-refractivity contribution in [1.82, 2.24) is 4.98 Å². The number of fused-ring (bicyclic) bond motifs is 1. The first-order valence-corrected chi connectivity index (χ1v) is 7.11. The van der Waals surface area contributed by atoms with E-state index in [-0.39, 0.29) is 18.1 Å². The first-order valence-electron chi connectivity index (χ1n) is 6.73. The van der Waals surface area contributed by atoms with Gasteiger partial charge in [0.15, 0.2) is 0 Å². The van der Waals surface area contributed by atoms with E-state index in [0.717, 1.165) is 16.3 Å². The molecule has 0 spiro atoms. The van der Waals surface area contributed by atoms with E-state index in [1.54, 1.807) is 42.7 Å². The summed E-state index contributed by atoms with van der Waals surface area (Å²) in [6.07, 6.45) is 3.50. The van der Waals surface area contributed by atoms with Crippen molar-refractivity contribution < 1.29 is 9.90 Å². The van der Waals surface area contributed by atoms with Gasteiger partial charge in [-0.2, -0.15) is 0 Å². The Morgan fingerprint density at radius 1 is 1.14 bits per heavy atom. The van der Waals surface area contributed by atoms with Crippen LogP contribution in [0.4, 0.5) is 5.69 Å². The lowest BCUT2D eigenvalue weighted by Gasteiger charge is -2.09. The number of benzene rings is 2. The highest BCUT2D eigenvalue weighted by atomic mass is 35.5. The fraction of sp³-hybridized carbons (Fsp3) is 0.0588. The molecule has 0 aliphatic rings. The number of nitrogens with one attached hydrogen (secondary N) is 1. The van der Waals surface area contributed by atoms with Crippen molar-refractivity contribution in [3.63, 3.8) is 0 Å². The van der Waals surface area contributed by atoms with E-state index in [2.05, 4.69) is 10.3 Å². The minimum atomic E-state index is -0.167. The van der Waals surface area contributed by atoms with Crippen molar-refractivity contribution >= 4 is 34.0 Å². The maximum Gasteiger partial charge on any atom is 0.228 e. The molecule has 5 heteroatoms. The highest BCUT2D eigenvalue weighted by molar-refractivity contribution is 6.36. The Bertz CT molecular complexity index is 826. The van der Waals surface area contributed by atoms with Gasteiger partial charge in [0, 0.05) is 17.0 Å². The first-order chi connectivity index (χ1) is 10.6. The highest BCUT2D eigenvalue weighted by Crippen LogP contribution is 2.29. The molecule has 0 aliphatic heterocycles. The van der Waals surface area contributed by atoms with Gasteiger partial charge in [-0.15, -0.1) is 0 Å². The van der Waals surface area contributed by atoms with Crippen LogP contribution in [0.1, 0.15) is 5.56 Å². The molecule has 1 aromatic heterocycles. The summed E-state index contributed by atoms with van der Waals surface area (Å²) in [5.41, 5.74) is 1.40. The van der Waals surface area contributed by atoms with Crippen LogP contribution < -0.4 is 5.32 Å². The van der Waals surface area contributed by atoms with Crippen LogP contribution in [-0.4, -0.2) is 16.0 Å². The van der Waals surface area contributed by atoms with Gasteiger partial charge in [-0.05, 0) is 23.8 Å². The van der Waals surface area contributed by atoms with Gasteiger partial charge in [0.1, 0.15) is 5.75 Å². The summed E-state index contributed by atoms with van der Waals surface area (Å²) in [7, 11) is 0. The van der Waals surface area contributed by atoms with Gasteiger partial charge in [-0.25, -0.2) is 0 Å². The summed E-state index contributed by atoms with van der Waals surface area (Å²) in [5.74, 6) is 0.00843. The summed E-state index contributed by atoms with van der Waals surface area (Å²) in [6, 6.07) is 12.0.